The Morgan fingerprint density at radius 1 is 1.33 bits per heavy atom. The lowest BCUT2D eigenvalue weighted by atomic mass is 10.2. The summed E-state index contributed by atoms with van der Waals surface area (Å²) in [7, 11) is 1.68. The lowest BCUT2D eigenvalue weighted by Gasteiger charge is -2.10. The fourth-order valence-corrected chi connectivity index (χ4v) is 2.11. The van der Waals surface area contributed by atoms with Crippen LogP contribution in [0.3, 0.4) is 0 Å². The van der Waals surface area contributed by atoms with Crippen molar-refractivity contribution in [3.8, 4) is 5.75 Å². The van der Waals surface area contributed by atoms with Gasteiger partial charge >= 0.3 is 0 Å². The topological polar surface area (TPSA) is 59.6 Å². The first kappa shape index (κ1) is 17.9. The van der Waals surface area contributed by atoms with E-state index in [4.69, 9.17) is 9.47 Å². The summed E-state index contributed by atoms with van der Waals surface area (Å²) in [5.41, 5.74) is 1.11. The highest BCUT2D eigenvalue weighted by Gasteiger charge is 2.04. The number of rotatable bonds is 10. The van der Waals surface area contributed by atoms with E-state index in [2.05, 4.69) is 26.6 Å². The summed E-state index contributed by atoms with van der Waals surface area (Å²) in [6.45, 7) is 5.14. The molecular formula is C15H23BrN2O3. The largest absolute Gasteiger partial charge is 0.493 e. The summed E-state index contributed by atoms with van der Waals surface area (Å²) in [6, 6.07) is 5.82. The fraction of sp³-hybridized carbons (Fsp3) is 0.533. The van der Waals surface area contributed by atoms with Gasteiger partial charge in [0, 0.05) is 31.2 Å². The number of ether oxygens (including phenoxy) is 2. The van der Waals surface area contributed by atoms with E-state index in [1.807, 2.05) is 25.1 Å². The monoisotopic (exact) mass is 358 g/mol. The average Bonchev–Trinajstić information content (AvgIpc) is 2.47. The van der Waals surface area contributed by atoms with Gasteiger partial charge in [-0.2, -0.15) is 0 Å². The second kappa shape index (κ2) is 10.6. The van der Waals surface area contributed by atoms with E-state index in [1.165, 1.54) is 0 Å². The van der Waals surface area contributed by atoms with E-state index in [0.717, 1.165) is 28.9 Å². The Kier molecular flexibility index (Phi) is 9.05. The van der Waals surface area contributed by atoms with Crippen molar-refractivity contribution >= 4 is 21.8 Å². The summed E-state index contributed by atoms with van der Waals surface area (Å²) in [4.78, 5) is 11.3. The first-order chi connectivity index (χ1) is 10.2. The summed E-state index contributed by atoms with van der Waals surface area (Å²) >= 11 is 3.52. The summed E-state index contributed by atoms with van der Waals surface area (Å²) in [5.74, 6) is 0.780. The molecule has 0 aliphatic carbocycles. The van der Waals surface area contributed by atoms with Gasteiger partial charge in [0.05, 0.1) is 19.6 Å². The lowest BCUT2D eigenvalue weighted by molar-refractivity contribution is -0.121. The first-order valence-corrected chi connectivity index (χ1v) is 7.84. The molecule has 0 aliphatic heterocycles. The predicted octanol–water partition coefficient (Wildman–Crippen LogP) is 2.09. The molecule has 1 aromatic rings. The number of hydrogen-bond donors (Lipinski definition) is 2. The van der Waals surface area contributed by atoms with E-state index in [-0.39, 0.29) is 5.91 Å². The van der Waals surface area contributed by atoms with Gasteiger partial charge in [0.2, 0.25) is 5.91 Å². The molecule has 0 bridgehead atoms. The van der Waals surface area contributed by atoms with Gasteiger partial charge in [-0.25, -0.2) is 0 Å². The third-order valence-electron chi connectivity index (χ3n) is 2.79. The number of nitrogens with one attached hydrogen (secondary N) is 2. The van der Waals surface area contributed by atoms with Crippen molar-refractivity contribution in [3.63, 3.8) is 0 Å². The molecule has 118 valence electrons. The average molecular weight is 359 g/mol. The Morgan fingerprint density at radius 3 is 2.86 bits per heavy atom. The van der Waals surface area contributed by atoms with Gasteiger partial charge in [-0.15, -0.1) is 0 Å². The van der Waals surface area contributed by atoms with Crippen molar-refractivity contribution < 1.29 is 14.3 Å². The van der Waals surface area contributed by atoms with Crippen LogP contribution in [-0.4, -0.2) is 39.3 Å². The highest BCUT2D eigenvalue weighted by molar-refractivity contribution is 9.10. The molecule has 6 heteroatoms. The van der Waals surface area contributed by atoms with Crippen molar-refractivity contribution in [1.29, 1.82) is 0 Å². The van der Waals surface area contributed by atoms with Crippen LogP contribution in [0.1, 0.15) is 18.9 Å². The van der Waals surface area contributed by atoms with Gasteiger partial charge < -0.3 is 20.1 Å². The summed E-state index contributed by atoms with van der Waals surface area (Å²) in [6.07, 6.45) is 0.366. The predicted molar refractivity (Wildman–Crippen MR) is 86.5 cm³/mol. The highest BCUT2D eigenvalue weighted by Crippen LogP contribution is 2.22. The zero-order valence-corrected chi connectivity index (χ0v) is 14.2. The van der Waals surface area contributed by atoms with Crippen LogP contribution in [0, 0.1) is 0 Å². The maximum Gasteiger partial charge on any atom is 0.223 e. The lowest BCUT2D eigenvalue weighted by Crippen LogP contribution is -2.24. The minimum absolute atomic E-state index is 0.0102. The molecule has 0 radical (unpaired) electrons. The molecule has 0 saturated carbocycles. The van der Waals surface area contributed by atoms with Gasteiger partial charge in [-0.3, -0.25) is 4.79 Å². The van der Waals surface area contributed by atoms with Crippen LogP contribution in [0.2, 0.25) is 0 Å². The van der Waals surface area contributed by atoms with Gasteiger partial charge in [-0.05, 0) is 30.7 Å². The summed E-state index contributed by atoms with van der Waals surface area (Å²) < 4.78 is 11.6. The number of carbonyl (C=O) groups is 1. The van der Waals surface area contributed by atoms with Crippen molar-refractivity contribution in [2.45, 2.75) is 19.9 Å². The zero-order valence-electron chi connectivity index (χ0n) is 12.6. The third kappa shape index (κ3) is 7.45. The van der Waals surface area contributed by atoms with Crippen molar-refractivity contribution in [2.75, 3.05) is 33.4 Å². The second-order valence-corrected chi connectivity index (χ2v) is 5.33. The van der Waals surface area contributed by atoms with Crippen LogP contribution >= 0.6 is 15.9 Å². The molecule has 0 saturated heterocycles. The van der Waals surface area contributed by atoms with E-state index >= 15 is 0 Å². The molecule has 0 aromatic heterocycles. The molecule has 0 aliphatic rings. The third-order valence-corrected chi connectivity index (χ3v) is 3.56. The van der Waals surface area contributed by atoms with Crippen molar-refractivity contribution in [1.82, 2.24) is 10.6 Å². The molecule has 0 atom stereocenters. The van der Waals surface area contributed by atoms with E-state index in [0.29, 0.717) is 26.2 Å². The number of hydrogen-bond acceptors (Lipinski definition) is 4. The molecule has 1 aromatic carbocycles. The van der Waals surface area contributed by atoms with Gasteiger partial charge in [-0.1, -0.05) is 15.9 Å². The number of methoxy groups -OCH3 is 1. The minimum atomic E-state index is 0.0102. The van der Waals surface area contributed by atoms with Gasteiger partial charge in [0.15, 0.2) is 0 Å². The Morgan fingerprint density at radius 2 is 2.14 bits per heavy atom. The summed E-state index contributed by atoms with van der Waals surface area (Å²) in [5, 5.41) is 6.03. The Hall–Kier alpha value is -1.11. The second-order valence-electron chi connectivity index (χ2n) is 4.47. The fourth-order valence-electron chi connectivity index (χ4n) is 1.72. The smallest absolute Gasteiger partial charge is 0.223 e. The number of halogens is 1. The maximum atomic E-state index is 11.3. The SMILES string of the molecule is CCNC(=O)CCOc1ccc(Br)c(CNCCOC)c1. The quantitative estimate of drug-likeness (QED) is 0.628. The molecule has 0 unspecified atom stereocenters. The number of amides is 1. The van der Waals surface area contributed by atoms with Crippen LogP contribution in [0.5, 0.6) is 5.75 Å². The zero-order chi connectivity index (χ0) is 15.5. The van der Waals surface area contributed by atoms with Crippen molar-refractivity contribution in [2.24, 2.45) is 0 Å². The van der Waals surface area contributed by atoms with Gasteiger partial charge in [0.1, 0.15) is 5.75 Å². The van der Waals surface area contributed by atoms with E-state index in [1.54, 1.807) is 7.11 Å². The molecule has 1 rings (SSSR count). The molecule has 1 amide bonds. The van der Waals surface area contributed by atoms with Gasteiger partial charge in [0.25, 0.3) is 0 Å². The molecule has 21 heavy (non-hydrogen) atoms. The molecule has 0 fully saturated rings. The molecule has 0 heterocycles. The molecular weight excluding hydrogens is 336 g/mol. The minimum Gasteiger partial charge on any atom is -0.493 e. The van der Waals surface area contributed by atoms with Crippen LogP contribution < -0.4 is 15.4 Å². The number of carbonyl (C=O) groups excluding carboxylic acids is 1. The highest BCUT2D eigenvalue weighted by atomic mass is 79.9. The van der Waals surface area contributed by atoms with Crippen LogP contribution in [-0.2, 0) is 16.1 Å². The molecule has 0 spiro atoms. The maximum absolute atomic E-state index is 11.3. The Labute approximate surface area is 134 Å². The normalized spacial score (nSPS) is 10.4. The standard InChI is InChI=1S/C15H23BrN2O3/c1-3-18-15(19)6-8-21-13-4-5-14(16)12(10-13)11-17-7-9-20-2/h4-5,10,17H,3,6-9,11H2,1-2H3,(H,18,19). The first-order valence-electron chi connectivity index (χ1n) is 7.05. The van der Waals surface area contributed by atoms with Crippen LogP contribution in [0.15, 0.2) is 22.7 Å². The Balaban J connectivity index is 2.42. The van der Waals surface area contributed by atoms with Crippen LogP contribution in [0.4, 0.5) is 0 Å². The molecule has 2 N–H and O–H groups in total. The van der Waals surface area contributed by atoms with E-state index in [9.17, 15) is 4.79 Å². The van der Waals surface area contributed by atoms with Crippen molar-refractivity contribution in [3.05, 3.63) is 28.2 Å². The van der Waals surface area contributed by atoms with E-state index < -0.39 is 0 Å². The Bertz CT molecular complexity index is 441. The number of benzene rings is 1. The molecule has 5 nitrogen and oxygen atoms in total. The van der Waals surface area contributed by atoms with Crippen LogP contribution in [0.25, 0.3) is 0 Å².